The van der Waals surface area contributed by atoms with Gasteiger partial charge in [-0.1, -0.05) is 32.0 Å². The van der Waals surface area contributed by atoms with Crippen LogP contribution in [0.25, 0.3) is 0 Å². The molecular formula is C17H29IN4. The van der Waals surface area contributed by atoms with E-state index in [0.717, 1.165) is 38.6 Å². The molecule has 22 heavy (non-hydrogen) atoms. The van der Waals surface area contributed by atoms with Gasteiger partial charge in [0, 0.05) is 38.9 Å². The summed E-state index contributed by atoms with van der Waals surface area (Å²) in [7, 11) is 1.87. The van der Waals surface area contributed by atoms with Crippen LogP contribution in [-0.4, -0.2) is 44.1 Å². The van der Waals surface area contributed by atoms with Crippen LogP contribution < -0.4 is 10.6 Å². The number of benzene rings is 1. The lowest BCUT2D eigenvalue weighted by molar-refractivity contribution is 0.370. The highest BCUT2D eigenvalue weighted by Gasteiger charge is 2.30. The molecule has 1 heterocycles. The number of para-hydroxylation sites is 1. The molecule has 2 N–H and O–H groups in total. The van der Waals surface area contributed by atoms with Crippen molar-refractivity contribution in [2.75, 3.05) is 38.5 Å². The standard InChI is InChI=1S/C17H28N4.HI/c1-17(2)10-13-21(14-17)16(18-3)20-12-7-11-19-15-8-5-4-6-9-15;/h4-6,8-9,19H,7,10-14H2,1-3H3,(H,18,20);1H. The molecule has 4 nitrogen and oxygen atoms in total. The smallest absolute Gasteiger partial charge is 0.193 e. The molecule has 0 aromatic heterocycles. The second kappa shape index (κ2) is 9.22. The van der Waals surface area contributed by atoms with E-state index in [4.69, 9.17) is 0 Å². The van der Waals surface area contributed by atoms with Gasteiger partial charge < -0.3 is 15.5 Å². The Morgan fingerprint density at radius 1 is 1.23 bits per heavy atom. The van der Waals surface area contributed by atoms with Gasteiger partial charge in [-0.3, -0.25) is 4.99 Å². The first-order valence-electron chi connectivity index (χ1n) is 7.85. The lowest BCUT2D eigenvalue weighted by Gasteiger charge is -2.23. The van der Waals surface area contributed by atoms with E-state index < -0.39 is 0 Å². The number of halogens is 1. The molecule has 1 aliphatic heterocycles. The molecule has 124 valence electrons. The third-order valence-corrected chi connectivity index (χ3v) is 3.93. The van der Waals surface area contributed by atoms with Crippen molar-refractivity contribution in [3.63, 3.8) is 0 Å². The summed E-state index contributed by atoms with van der Waals surface area (Å²) in [6.07, 6.45) is 2.31. The zero-order chi connectivity index (χ0) is 15.1. The third kappa shape index (κ3) is 6.02. The lowest BCUT2D eigenvalue weighted by atomic mass is 9.93. The Kier molecular flexibility index (Phi) is 8.00. The van der Waals surface area contributed by atoms with Crippen molar-refractivity contribution in [3.05, 3.63) is 30.3 Å². The van der Waals surface area contributed by atoms with Gasteiger partial charge in [0.15, 0.2) is 5.96 Å². The molecule has 1 aliphatic rings. The maximum atomic E-state index is 4.40. The molecule has 0 bridgehead atoms. The zero-order valence-electron chi connectivity index (χ0n) is 13.9. The second-order valence-electron chi connectivity index (χ2n) is 6.46. The fourth-order valence-corrected chi connectivity index (χ4v) is 2.70. The molecule has 0 radical (unpaired) electrons. The fourth-order valence-electron chi connectivity index (χ4n) is 2.70. The van der Waals surface area contributed by atoms with Crippen molar-refractivity contribution in [2.24, 2.45) is 10.4 Å². The Labute approximate surface area is 151 Å². The first-order valence-corrected chi connectivity index (χ1v) is 7.85. The van der Waals surface area contributed by atoms with Gasteiger partial charge in [-0.15, -0.1) is 24.0 Å². The van der Waals surface area contributed by atoms with E-state index in [1.807, 2.05) is 13.1 Å². The number of rotatable bonds is 5. The summed E-state index contributed by atoms with van der Waals surface area (Å²) >= 11 is 0. The number of hydrogen-bond donors (Lipinski definition) is 2. The van der Waals surface area contributed by atoms with Crippen molar-refractivity contribution >= 4 is 35.6 Å². The first kappa shape index (κ1) is 19.1. The predicted octanol–water partition coefficient (Wildman–Crippen LogP) is 3.41. The minimum absolute atomic E-state index is 0. The zero-order valence-corrected chi connectivity index (χ0v) is 16.3. The minimum Gasteiger partial charge on any atom is -0.385 e. The van der Waals surface area contributed by atoms with Crippen LogP contribution in [0, 0.1) is 5.41 Å². The van der Waals surface area contributed by atoms with Crippen molar-refractivity contribution in [2.45, 2.75) is 26.7 Å². The molecule has 0 amide bonds. The first-order chi connectivity index (χ1) is 10.1. The van der Waals surface area contributed by atoms with Gasteiger partial charge >= 0.3 is 0 Å². The van der Waals surface area contributed by atoms with E-state index in [1.54, 1.807) is 0 Å². The van der Waals surface area contributed by atoms with Crippen LogP contribution in [0.3, 0.4) is 0 Å². The van der Waals surface area contributed by atoms with Gasteiger partial charge in [-0.25, -0.2) is 0 Å². The molecule has 5 heteroatoms. The Hall–Kier alpha value is -0.980. The van der Waals surface area contributed by atoms with Gasteiger partial charge in [-0.05, 0) is 30.4 Å². The monoisotopic (exact) mass is 416 g/mol. The number of likely N-dealkylation sites (tertiary alicyclic amines) is 1. The van der Waals surface area contributed by atoms with Crippen molar-refractivity contribution in [1.29, 1.82) is 0 Å². The number of aliphatic imine (C=N–C) groups is 1. The molecule has 1 aromatic rings. The molecule has 0 saturated carbocycles. The second-order valence-corrected chi connectivity index (χ2v) is 6.46. The van der Waals surface area contributed by atoms with Crippen LogP contribution in [0.1, 0.15) is 26.7 Å². The van der Waals surface area contributed by atoms with E-state index in [0.29, 0.717) is 5.41 Å². The summed E-state index contributed by atoms with van der Waals surface area (Å²) in [4.78, 5) is 6.77. The summed E-state index contributed by atoms with van der Waals surface area (Å²) in [5.74, 6) is 1.04. The highest BCUT2D eigenvalue weighted by molar-refractivity contribution is 14.0. The van der Waals surface area contributed by atoms with Gasteiger partial charge in [0.2, 0.25) is 0 Å². The van der Waals surface area contributed by atoms with Crippen molar-refractivity contribution < 1.29 is 0 Å². The van der Waals surface area contributed by atoms with Gasteiger partial charge in [-0.2, -0.15) is 0 Å². The van der Waals surface area contributed by atoms with Crippen LogP contribution in [0.4, 0.5) is 5.69 Å². The average Bonchev–Trinajstić information content (AvgIpc) is 2.84. The van der Waals surface area contributed by atoms with Crippen LogP contribution in [0.15, 0.2) is 35.3 Å². The van der Waals surface area contributed by atoms with E-state index in [1.165, 1.54) is 12.1 Å². The quantitative estimate of drug-likeness (QED) is 0.335. The van der Waals surface area contributed by atoms with E-state index in [2.05, 4.69) is 58.6 Å². The Morgan fingerprint density at radius 3 is 2.55 bits per heavy atom. The van der Waals surface area contributed by atoms with Crippen LogP contribution >= 0.6 is 24.0 Å². The number of nitrogens with one attached hydrogen (secondary N) is 2. The summed E-state index contributed by atoms with van der Waals surface area (Å²) in [6.45, 7) is 8.76. The highest BCUT2D eigenvalue weighted by Crippen LogP contribution is 2.28. The summed E-state index contributed by atoms with van der Waals surface area (Å²) in [5.41, 5.74) is 1.59. The van der Waals surface area contributed by atoms with Crippen molar-refractivity contribution in [3.8, 4) is 0 Å². The van der Waals surface area contributed by atoms with Crippen LogP contribution in [0.5, 0.6) is 0 Å². The molecule has 1 aromatic carbocycles. The largest absolute Gasteiger partial charge is 0.385 e. The molecular weight excluding hydrogens is 387 g/mol. The Balaban J connectivity index is 0.00000242. The molecule has 1 fully saturated rings. The van der Waals surface area contributed by atoms with Crippen molar-refractivity contribution in [1.82, 2.24) is 10.2 Å². The Morgan fingerprint density at radius 2 is 1.95 bits per heavy atom. The number of anilines is 1. The third-order valence-electron chi connectivity index (χ3n) is 3.93. The minimum atomic E-state index is 0. The van der Waals surface area contributed by atoms with E-state index in [9.17, 15) is 0 Å². The lowest BCUT2D eigenvalue weighted by Crippen LogP contribution is -2.41. The molecule has 1 saturated heterocycles. The fraction of sp³-hybridized carbons (Fsp3) is 0.588. The average molecular weight is 416 g/mol. The molecule has 0 aliphatic carbocycles. The number of guanidine groups is 1. The van der Waals surface area contributed by atoms with E-state index in [-0.39, 0.29) is 24.0 Å². The van der Waals surface area contributed by atoms with Gasteiger partial charge in [0.1, 0.15) is 0 Å². The Bertz CT molecular complexity index is 459. The maximum Gasteiger partial charge on any atom is 0.193 e. The molecule has 0 atom stereocenters. The van der Waals surface area contributed by atoms with Gasteiger partial charge in [0.25, 0.3) is 0 Å². The van der Waals surface area contributed by atoms with E-state index >= 15 is 0 Å². The number of hydrogen-bond acceptors (Lipinski definition) is 2. The summed E-state index contributed by atoms with van der Waals surface area (Å²) < 4.78 is 0. The summed E-state index contributed by atoms with van der Waals surface area (Å²) in [6, 6.07) is 10.3. The SMILES string of the molecule is CN=C(NCCCNc1ccccc1)N1CCC(C)(C)C1.I. The van der Waals surface area contributed by atoms with Crippen LogP contribution in [0.2, 0.25) is 0 Å². The predicted molar refractivity (Wildman–Crippen MR) is 106 cm³/mol. The number of nitrogens with zero attached hydrogens (tertiary/aromatic N) is 2. The summed E-state index contributed by atoms with van der Waals surface area (Å²) in [5, 5.41) is 6.90. The van der Waals surface area contributed by atoms with Gasteiger partial charge in [0.05, 0.1) is 0 Å². The molecule has 0 unspecified atom stereocenters. The molecule has 0 spiro atoms. The maximum absolute atomic E-state index is 4.40. The highest BCUT2D eigenvalue weighted by atomic mass is 127. The molecule has 2 rings (SSSR count). The topological polar surface area (TPSA) is 39.7 Å². The normalized spacial score (nSPS) is 17.0. The van der Waals surface area contributed by atoms with Crippen LogP contribution in [-0.2, 0) is 0 Å².